The fourth-order valence-corrected chi connectivity index (χ4v) is 3.42. The van der Waals surface area contributed by atoms with E-state index in [-0.39, 0.29) is 36.5 Å². The van der Waals surface area contributed by atoms with Crippen molar-refractivity contribution in [3.63, 3.8) is 0 Å². The Labute approximate surface area is 169 Å². The maximum atomic E-state index is 12.8. The molecule has 0 radical (unpaired) electrons. The van der Waals surface area contributed by atoms with Crippen molar-refractivity contribution in [2.24, 2.45) is 5.92 Å². The Balaban J connectivity index is 1.91. The quantitative estimate of drug-likeness (QED) is 0.579. The summed E-state index contributed by atoms with van der Waals surface area (Å²) in [5.41, 5.74) is 1.36. The number of ketones is 3. The molecule has 0 bridgehead atoms. The summed E-state index contributed by atoms with van der Waals surface area (Å²) in [6.45, 7) is 3.53. The van der Waals surface area contributed by atoms with Gasteiger partial charge in [-0.05, 0) is 56.6 Å². The second-order valence-corrected chi connectivity index (χ2v) is 8.10. The number of aromatic hydroxyl groups is 1. The zero-order chi connectivity index (χ0) is 21.1. The third-order valence-corrected chi connectivity index (χ3v) is 5.63. The van der Waals surface area contributed by atoms with Crippen LogP contribution in [0.4, 0.5) is 5.69 Å². The van der Waals surface area contributed by atoms with Crippen LogP contribution in [0.15, 0.2) is 12.1 Å². The van der Waals surface area contributed by atoms with Gasteiger partial charge < -0.3 is 15.2 Å². The number of aryl methyl sites for hydroxylation is 1. The maximum absolute atomic E-state index is 12.8. The first-order valence-corrected chi connectivity index (χ1v) is 10.2. The molecule has 156 valence electrons. The molecule has 7 nitrogen and oxygen atoms in total. The number of Topliss-reactive ketones (excluding diaryl/α,β-unsaturated/α-hetero) is 3. The van der Waals surface area contributed by atoms with E-state index in [4.69, 9.17) is 4.74 Å². The third-order valence-electron chi connectivity index (χ3n) is 5.63. The summed E-state index contributed by atoms with van der Waals surface area (Å²) in [6, 6.07) is 3.67. The summed E-state index contributed by atoms with van der Waals surface area (Å²) in [5, 5.41) is 13.8. The van der Waals surface area contributed by atoms with Crippen LogP contribution in [0.5, 0.6) is 5.75 Å². The van der Waals surface area contributed by atoms with E-state index in [2.05, 4.69) is 5.32 Å². The average molecular weight is 401 g/mol. The van der Waals surface area contributed by atoms with Crippen molar-refractivity contribution < 1.29 is 29.0 Å². The number of nitrogens with one attached hydrogen (secondary N) is 1. The molecule has 0 saturated heterocycles. The first-order valence-electron chi connectivity index (χ1n) is 10.2. The smallest absolute Gasteiger partial charge is 0.342 e. The van der Waals surface area contributed by atoms with Crippen molar-refractivity contribution in [2.75, 3.05) is 5.32 Å². The number of hydrogen-bond acceptors (Lipinski definition) is 7. The minimum atomic E-state index is -0.953. The SMILES string of the molecule is C[C@@H]1CCC(=O)C(=O)C(=O)CCCc2cc(NC3CC3)cc(O)c2C(=O)O[C@H]1C. The molecular formula is C22H27NO6. The number of benzene rings is 1. The fraction of sp³-hybridized carbons (Fsp3) is 0.545. The van der Waals surface area contributed by atoms with Gasteiger partial charge in [0.15, 0.2) is 0 Å². The Morgan fingerprint density at radius 3 is 2.34 bits per heavy atom. The Bertz CT molecular complexity index is 842. The molecule has 2 aliphatic rings. The molecule has 3 rings (SSSR count). The van der Waals surface area contributed by atoms with E-state index in [1.165, 1.54) is 6.07 Å². The van der Waals surface area contributed by atoms with Crippen molar-refractivity contribution in [3.8, 4) is 5.75 Å². The summed E-state index contributed by atoms with van der Waals surface area (Å²) >= 11 is 0. The molecule has 1 saturated carbocycles. The largest absolute Gasteiger partial charge is 0.507 e. The van der Waals surface area contributed by atoms with Crippen LogP contribution in [0, 0.1) is 5.92 Å². The number of phenolic OH excluding ortho intramolecular Hbond substituents is 1. The number of phenols is 1. The van der Waals surface area contributed by atoms with Gasteiger partial charge in [-0.3, -0.25) is 14.4 Å². The molecule has 1 aromatic rings. The van der Waals surface area contributed by atoms with Crippen molar-refractivity contribution in [3.05, 3.63) is 23.3 Å². The van der Waals surface area contributed by atoms with E-state index >= 15 is 0 Å². The molecule has 1 aromatic carbocycles. The topological polar surface area (TPSA) is 110 Å². The van der Waals surface area contributed by atoms with Gasteiger partial charge in [0.25, 0.3) is 5.78 Å². The van der Waals surface area contributed by atoms with Gasteiger partial charge in [-0.1, -0.05) is 6.92 Å². The lowest BCUT2D eigenvalue weighted by Gasteiger charge is -2.22. The number of anilines is 1. The monoisotopic (exact) mass is 401 g/mol. The Hall–Kier alpha value is -2.70. The van der Waals surface area contributed by atoms with Gasteiger partial charge >= 0.3 is 5.97 Å². The summed E-state index contributed by atoms with van der Waals surface area (Å²) in [6.07, 6.45) is 2.39. The number of cyclic esters (lactones) is 1. The summed E-state index contributed by atoms with van der Waals surface area (Å²) < 4.78 is 5.55. The lowest BCUT2D eigenvalue weighted by Crippen LogP contribution is -2.27. The summed E-state index contributed by atoms with van der Waals surface area (Å²) in [4.78, 5) is 48.9. The van der Waals surface area contributed by atoms with Gasteiger partial charge in [0, 0.05) is 30.6 Å². The highest BCUT2D eigenvalue weighted by atomic mass is 16.5. The van der Waals surface area contributed by atoms with Gasteiger partial charge in [-0.25, -0.2) is 4.79 Å². The van der Waals surface area contributed by atoms with Gasteiger partial charge in [0.2, 0.25) is 11.6 Å². The summed E-state index contributed by atoms with van der Waals surface area (Å²) in [5.74, 6) is -3.32. The zero-order valence-corrected chi connectivity index (χ0v) is 16.8. The fourth-order valence-electron chi connectivity index (χ4n) is 3.42. The number of rotatable bonds is 2. The molecule has 0 amide bonds. The molecule has 7 heteroatoms. The van der Waals surface area contributed by atoms with E-state index in [9.17, 15) is 24.3 Å². The molecule has 0 spiro atoms. The van der Waals surface area contributed by atoms with Crippen LogP contribution in [0.3, 0.4) is 0 Å². The minimum absolute atomic E-state index is 0.0499. The number of ether oxygens (including phenoxy) is 1. The maximum Gasteiger partial charge on any atom is 0.342 e. The molecular weight excluding hydrogens is 374 g/mol. The van der Waals surface area contributed by atoms with Crippen molar-refractivity contribution >= 4 is 29.0 Å². The van der Waals surface area contributed by atoms with E-state index in [1.54, 1.807) is 13.0 Å². The summed E-state index contributed by atoms with van der Waals surface area (Å²) in [7, 11) is 0. The number of hydrogen-bond donors (Lipinski definition) is 2. The highest BCUT2D eigenvalue weighted by Gasteiger charge is 2.28. The molecule has 2 atom stereocenters. The Morgan fingerprint density at radius 2 is 1.66 bits per heavy atom. The first-order chi connectivity index (χ1) is 13.8. The second-order valence-electron chi connectivity index (χ2n) is 8.10. The lowest BCUT2D eigenvalue weighted by molar-refractivity contribution is -0.144. The third kappa shape index (κ3) is 5.22. The normalized spacial score (nSPS) is 24.5. The van der Waals surface area contributed by atoms with Crippen LogP contribution in [-0.2, 0) is 25.5 Å². The average Bonchev–Trinajstić information content (AvgIpc) is 3.47. The first kappa shape index (κ1) is 21.0. The Morgan fingerprint density at radius 1 is 0.966 bits per heavy atom. The van der Waals surface area contributed by atoms with Gasteiger partial charge in [-0.2, -0.15) is 0 Å². The number of carbonyl (C=O) groups is 4. The highest BCUT2D eigenvalue weighted by Crippen LogP contribution is 2.32. The van der Waals surface area contributed by atoms with Crippen LogP contribution >= 0.6 is 0 Å². The molecule has 1 heterocycles. The molecule has 0 unspecified atom stereocenters. The number of fused-ring (bicyclic) bond motifs is 1. The van der Waals surface area contributed by atoms with E-state index in [0.29, 0.717) is 30.1 Å². The predicted molar refractivity (Wildman–Crippen MR) is 106 cm³/mol. The highest BCUT2D eigenvalue weighted by molar-refractivity contribution is 6.63. The molecule has 29 heavy (non-hydrogen) atoms. The van der Waals surface area contributed by atoms with Crippen LogP contribution in [0.2, 0.25) is 0 Å². The molecule has 1 fully saturated rings. The number of carbonyl (C=O) groups excluding carboxylic acids is 4. The predicted octanol–water partition coefficient (Wildman–Crippen LogP) is 2.97. The van der Waals surface area contributed by atoms with Crippen LogP contribution in [-0.4, -0.2) is 40.6 Å². The zero-order valence-electron chi connectivity index (χ0n) is 16.8. The van der Waals surface area contributed by atoms with E-state index < -0.39 is 29.4 Å². The van der Waals surface area contributed by atoms with Crippen molar-refractivity contribution in [1.82, 2.24) is 0 Å². The van der Waals surface area contributed by atoms with E-state index in [0.717, 1.165) is 12.8 Å². The van der Waals surface area contributed by atoms with Gasteiger partial charge in [-0.15, -0.1) is 0 Å². The van der Waals surface area contributed by atoms with Crippen LogP contribution in [0.25, 0.3) is 0 Å². The molecule has 2 N–H and O–H groups in total. The molecule has 0 aromatic heterocycles. The van der Waals surface area contributed by atoms with Crippen LogP contribution < -0.4 is 5.32 Å². The van der Waals surface area contributed by atoms with Gasteiger partial charge in [0.05, 0.1) is 0 Å². The lowest BCUT2D eigenvalue weighted by atomic mass is 9.94. The van der Waals surface area contributed by atoms with E-state index in [1.807, 2.05) is 6.92 Å². The molecule has 1 aliphatic carbocycles. The van der Waals surface area contributed by atoms with Crippen molar-refractivity contribution in [1.29, 1.82) is 0 Å². The standard InChI is InChI=1S/C22H27NO6/c1-12-6-9-18(25)21(27)17(24)5-3-4-14-10-16(23-15-7-8-15)11-19(26)20(14)22(28)29-13(12)2/h10-13,15,23,26H,3-9H2,1-2H3/t12-,13+/m1/s1. The van der Waals surface area contributed by atoms with Gasteiger partial charge in [0.1, 0.15) is 17.4 Å². The van der Waals surface area contributed by atoms with Crippen molar-refractivity contribution in [2.45, 2.75) is 70.9 Å². The second kappa shape index (κ2) is 8.76. The minimum Gasteiger partial charge on any atom is -0.507 e. The van der Waals surface area contributed by atoms with Crippen LogP contribution in [0.1, 0.15) is 68.3 Å². The number of esters is 1. The molecule has 1 aliphatic heterocycles. The Kier molecular flexibility index (Phi) is 6.35.